The molecule has 2 heterocycles. The van der Waals surface area contributed by atoms with Gasteiger partial charge in [0.15, 0.2) is 0 Å². The number of carbonyl (C=O) groups is 1. The van der Waals surface area contributed by atoms with E-state index >= 15 is 0 Å². The van der Waals surface area contributed by atoms with Crippen LogP contribution in [0.1, 0.15) is 40.2 Å². The largest absolute Gasteiger partial charge is 0.489 e. The lowest BCUT2D eigenvalue weighted by atomic mass is 9.74. The molecular formula is C22H24BN3O3. The number of fused-ring (bicyclic) bond motifs is 1. The smallest absolute Gasteiger partial charge is 0.423 e. The SMILES string of the molecule is NCc1cccc(C2CCN(C(=O)c3ccc4ncccc4c3B(O)O)CC2)c1. The summed E-state index contributed by atoms with van der Waals surface area (Å²) in [5.41, 5.74) is 9.31. The maximum atomic E-state index is 13.2. The first-order valence-electron chi connectivity index (χ1n) is 9.90. The van der Waals surface area contributed by atoms with E-state index in [1.807, 2.05) is 12.1 Å². The van der Waals surface area contributed by atoms with E-state index in [-0.39, 0.29) is 11.4 Å². The Balaban J connectivity index is 1.55. The Labute approximate surface area is 170 Å². The number of nitrogens with zero attached hydrogens (tertiary/aromatic N) is 2. The molecule has 3 aromatic rings. The summed E-state index contributed by atoms with van der Waals surface area (Å²) in [4.78, 5) is 19.2. The molecule has 7 heteroatoms. The number of aromatic nitrogens is 1. The van der Waals surface area contributed by atoms with Crippen molar-refractivity contribution in [3.05, 3.63) is 71.4 Å². The highest BCUT2D eigenvalue weighted by atomic mass is 16.4. The summed E-state index contributed by atoms with van der Waals surface area (Å²) >= 11 is 0. The molecule has 1 amide bonds. The summed E-state index contributed by atoms with van der Waals surface area (Å²) in [6, 6.07) is 15.2. The Morgan fingerprint density at radius 3 is 2.66 bits per heavy atom. The lowest BCUT2D eigenvalue weighted by Crippen LogP contribution is -2.43. The van der Waals surface area contributed by atoms with Gasteiger partial charge in [0.05, 0.1) is 5.52 Å². The lowest BCUT2D eigenvalue weighted by Gasteiger charge is -2.33. The number of nitrogens with two attached hydrogens (primary N) is 1. The van der Waals surface area contributed by atoms with Crippen LogP contribution >= 0.6 is 0 Å². The molecule has 1 fully saturated rings. The van der Waals surface area contributed by atoms with Gasteiger partial charge in [0.25, 0.3) is 5.91 Å². The second kappa shape index (κ2) is 8.33. The molecular weight excluding hydrogens is 365 g/mol. The minimum absolute atomic E-state index is 0.173. The predicted molar refractivity (Wildman–Crippen MR) is 114 cm³/mol. The molecule has 4 rings (SSSR count). The summed E-state index contributed by atoms with van der Waals surface area (Å²) < 4.78 is 0. The standard InChI is InChI=1S/C22H24BN3O3/c24-14-15-3-1-4-17(13-15)16-8-11-26(12-9-16)22(27)19-6-7-20-18(5-2-10-25-20)21(19)23(28)29/h1-7,10,13,16,28-29H,8-9,11-12,14,24H2. The number of amides is 1. The third-order valence-corrected chi connectivity index (χ3v) is 5.76. The van der Waals surface area contributed by atoms with E-state index in [1.54, 1.807) is 35.4 Å². The molecule has 1 aliphatic heterocycles. The number of pyridine rings is 1. The number of hydrogen-bond acceptors (Lipinski definition) is 5. The van der Waals surface area contributed by atoms with Crippen LogP contribution in [0, 0.1) is 0 Å². The van der Waals surface area contributed by atoms with Gasteiger partial charge in [-0.3, -0.25) is 9.78 Å². The fourth-order valence-corrected chi connectivity index (χ4v) is 4.20. The topological polar surface area (TPSA) is 99.7 Å². The zero-order valence-corrected chi connectivity index (χ0v) is 16.2. The van der Waals surface area contributed by atoms with Crippen molar-refractivity contribution in [1.29, 1.82) is 0 Å². The Hall–Kier alpha value is -2.74. The molecule has 0 radical (unpaired) electrons. The van der Waals surface area contributed by atoms with Gasteiger partial charge in [-0.1, -0.05) is 30.3 Å². The Morgan fingerprint density at radius 1 is 1.14 bits per heavy atom. The third kappa shape index (κ3) is 3.89. The first-order valence-corrected chi connectivity index (χ1v) is 9.90. The van der Waals surface area contributed by atoms with Crippen molar-refractivity contribution in [2.45, 2.75) is 25.3 Å². The highest BCUT2D eigenvalue weighted by Crippen LogP contribution is 2.29. The monoisotopic (exact) mass is 389 g/mol. The highest BCUT2D eigenvalue weighted by molar-refractivity contribution is 6.63. The third-order valence-electron chi connectivity index (χ3n) is 5.76. The van der Waals surface area contributed by atoms with Crippen LogP contribution in [0.5, 0.6) is 0 Å². The molecule has 0 saturated carbocycles. The number of likely N-dealkylation sites (tertiary alicyclic amines) is 1. The van der Waals surface area contributed by atoms with Gasteiger partial charge >= 0.3 is 7.12 Å². The molecule has 2 aromatic carbocycles. The van der Waals surface area contributed by atoms with Crippen molar-refractivity contribution < 1.29 is 14.8 Å². The van der Waals surface area contributed by atoms with Crippen LogP contribution in [-0.4, -0.2) is 46.0 Å². The minimum atomic E-state index is -1.74. The fourth-order valence-electron chi connectivity index (χ4n) is 4.20. The van der Waals surface area contributed by atoms with E-state index in [0.29, 0.717) is 42.0 Å². The van der Waals surface area contributed by atoms with Gasteiger partial charge < -0.3 is 20.7 Å². The van der Waals surface area contributed by atoms with E-state index in [2.05, 4.69) is 17.1 Å². The number of hydrogen-bond donors (Lipinski definition) is 3. The molecule has 0 bridgehead atoms. The quantitative estimate of drug-likeness (QED) is 0.586. The zero-order chi connectivity index (χ0) is 20.4. The van der Waals surface area contributed by atoms with Gasteiger partial charge in [0.2, 0.25) is 0 Å². The molecule has 29 heavy (non-hydrogen) atoms. The second-order valence-electron chi connectivity index (χ2n) is 7.49. The molecule has 0 aliphatic carbocycles. The highest BCUT2D eigenvalue weighted by Gasteiger charge is 2.29. The second-order valence-corrected chi connectivity index (χ2v) is 7.49. The average Bonchev–Trinajstić information content (AvgIpc) is 2.77. The maximum absolute atomic E-state index is 13.2. The van der Waals surface area contributed by atoms with Crippen molar-refractivity contribution in [2.75, 3.05) is 13.1 Å². The van der Waals surface area contributed by atoms with E-state index in [9.17, 15) is 14.8 Å². The van der Waals surface area contributed by atoms with Crippen LogP contribution in [0.15, 0.2) is 54.7 Å². The summed E-state index contributed by atoms with van der Waals surface area (Å²) in [5, 5.41) is 20.5. The molecule has 4 N–H and O–H groups in total. The van der Waals surface area contributed by atoms with Crippen molar-refractivity contribution in [3.63, 3.8) is 0 Å². The summed E-state index contributed by atoms with van der Waals surface area (Å²) in [6.45, 7) is 1.78. The molecule has 1 saturated heterocycles. The van der Waals surface area contributed by atoms with Crippen LogP contribution in [0.3, 0.4) is 0 Å². The zero-order valence-electron chi connectivity index (χ0n) is 16.2. The number of benzene rings is 2. The Morgan fingerprint density at radius 2 is 1.93 bits per heavy atom. The van der Waals surface area contributed by atoms with Crippen LogP contribution in [-0.2, 0) is 6.54 Å². The number of carbonyl (C=O) groups excluding carboxylic acids is 1. The fraction of sp³-hybridized carbons (Fsp3) is 0.273. The number of rotatable bonds is 4. The summed E-state index contributed by atoms with van der Waals surface area (Å²) in [6.07, 6.45) is 3.37. The van der Waals surface area contributed by atoms with E-state index in [0.717, 1.165) is 18.4 Å². The van der Waals surface area contributed by atoms with Gasteiger partial charge in [-0.15, -0.1) is 0 Å². The molecule has 148 valence electrons. The van der Waals surface area contributed by atoms with Crippen molar-refractivity contribution >= 4 is 29.4 Å². The molecule has 1 aliphatic rings. The van der Waals surface area contributed by atoms with Gasteiger partial charge in [0.1, 0.15) is 0 Å². The van der Waals surface area contributed by atoms with Crippen molar-refractivity contribution in [2.24, 2.45) is 5.73 Å². The van der Waals surface area contributed by atoms with Crippen molar-refractivity contribution in [1.82, 2.24) is 9.88 Å². The lowest BCUT2D eigenvalue weighted by molar-refractivity contribution is 0.0714. The van der Waals surface area contributed by atoms with Gasteiger partial charge in [-0.2, -0.15) is 0 Å². The average molecular weight is 389 g/mol. The molecule has 6 nitrogen and oxygen atoms in total. The van der Waals surface area contributed by atoms with E-state index in [4.69, 9.17) is 5.73 Å². The first-order chi connectivity index (χ1) is 14.1. The molecule has 0 unspecified atom stereocenters. The summed E-state index contributed by atoms with van der Waals surface area (Å²) in [7, 11) is -1.74. The summed E-state index contributed by atoms with van der Waals surface area (Å²) in [5.74, 6) is 0.224. The Kier molecular flexibility index (Phi) is 5.62. The number of piperidine rings is 1. The normalized spacial score (nSPS) is 14.9. The molecule has 0 atom stereocenters. The van der Waals surface area contributed by atoms with Crippen LogP contribution in [0.25, 0.3) is 10.9 Å². The van der Waals surface area contributed by atoms with E-state index in [1.165, 1.54) is 5.56 Å². The van der Waals surface area contributed by atoms with Gasteiger partial charge in [0, 0.05) is 42.2 Å². The van der Waals surface area contributed by atoms with Gasteiger partial charge in [-0.25, -0.2) is 0 Å². The van der Waals surface area contributed by atoms with Crippen LogP contribution in [0.2, 0.25) is 0 Å². The van der Waals surface area contributed by atoms with Crippen LogP contribution < -0.4 is 11.2 Å². The Bertz CT molecular complexity index is 1030. The predicted octanol–water partition coefficient (Wildman–Crippen LogP) is 1.39. The maximum Gasteiger partial charge on any atom is 0.489 e. The first kappa shape index (κ1) is 19.6. The van der Waals surface area contributed by atoms with Crippen LogP contribution in [0.4, 0.5) is 0 Å². The van der Waals surface area contributed by atoms with Crippen molar-refractivity contribution in [3.8, 4) is 0 Å². The molecule has 1 aromatic heterocycles. The minimum Gasteiger partial charge on any atom is -0.423 e. The van der Waals surface area contributed by atoms with E-state index < -0.39 is 7.12 Å². The molecule has 0 spiro atoms. The van der Waals surface area contributed by atoms with Gasteiger partial charge in [-0.05, 0) is 48.1 Å².